The molecule has 1 aliphatic rings. The van der Waals surface area contributed by atoms with E-state index in [4.69, 9.17) is 5.11 Å². The molecule has 0 unspecified atom stereocenters. The van der Waals surface area contributed by atoms with E-state index in [1.807, 2.05) is 10.8 Å². The van der Waals surface area contributed by atoms with Crippen LogP contribution in [0.15, 0.2) is 55.1 Å². The van der Waals surface area contributed by atoms with Gasteiger partial charge < -0.3 is 15.0 Å². The normalized spacial score (nSPS) is 21.4. The molecule has 0 bridgehead atoms. The predicted octanol–water partition coefficient (Wildman–Crippen LogP) is 1.90. The molecule has 1 aromatic carbocycles. The van der Waals surface area contributed by atoms with Crippen LogP contribution in [0.25, 0.3) is 5.69 Å². The summed E-state index contributed by atoms with van der Waals surface area (Å²) in [4.78, 5) is 4.05. The standard InChI is InChI=1S/C16H19N3O/c20-11-14-1-4-15(9-14)18-10-13-2-5-16(6-3-13)19-8-7-17-12-19/h1-8,12,14-15,18,20H,9-11H2/t14-,15+/m0/s1. The minimum Gasteiger partial charge on any atom is -0.396 e. The molecule has 0 aliphatic heterocycles. The summed E-state index contributed by atoms with van der Waals surface area (Å²) in [7, 11) is 0. The first-order valence-electron chi connectivity index (χ1n) is 6.95. The van der Waals surface area contributed by atoms with E-state index in [1.165, 1.54) is 5.56 Å². The van der Waals surface area contributed by atoms with Crippen LogP contribution in [0.1, 0.15) is 12.0 Å². The Bertz CT molecular complexity index is 560. The van der Waals surface area contributed by atoms with Crippen molar-refractivity contribution in [3.63, 3.8) is 0 Å². The van der Waals surface area contributed by atoms with Gasteiger partial charge in [0.1, 0.15) is 0 Å². The van der Waals surface area contributed by atoms with Gasteiger partial charge in [-0.25, -0.2) is 4.98 Å². The van der Waals surface area contributed by atoms with E-state index in [-0.39, 0.29) is 6.61 Å². The van der Waals surface area contributed by atoms with Crippen LogP contribution in [0.4, 0.5) is 0 Å². The van der Waals surface area contributed by atoms with Gasteiger partial charge in [0.25, 0.3) is 0 Å². The SMILES string of the molecule is OC[C@H]1C=C[C@@H](NCc2ccc(-n3ccnc3)cc2)C1. The molecule has 4 heteroatoms. The number of benzene rings is 1. The zero-order chi connectivity index (χ0) is 13.8. The van der Waals surface area contributed by atoms with E-state index in [0.29, 0.717) is 12.0 Å². The van der Waals surface area contributed by atoms with Gasteiger partial charge in [-0.05, 0) is 24.1 Å². The highest BCUT2D eigenvalue weighted by molar-refractivity contribution is 5.34. The number of aliphatic hydroxyl groups is 1. The van der Waals surface area contributed by atoms with Crippen molar-refractivity contribution in [2.75, 3.05) is 6.61 Å². The minimum atomic E-state index is 0.244. The van der Waals surface area contributed by atoms with E-state index in [9.17, 15) is 0 Å². The Morgan fingerprint density at radius 3 is 2.75 bits per heavy atom. The van der Waals surface area contributed by atoms with Crippen LogP contribution in [-0.4, -0.2) is 27.3 Å². The van der Waals surface area contributed by atoms with Crippen molar-refractivity contribution in [1.29, 1.82) is 0 Å². The number of nitrogens with zero attached hydrogens (tertiary/aromatic N) is 2. The largest absolute Gasteiger partial charge is 0.396 e. The molecule has 4 nitrogen and oxygen atoms in total. The molecule has 0 spiro atoms. The Labute approximate surface area is 118 Å². The number of nitrogens with one attached hydrogen (secondary N) is 1. The smallest absolute Gasteiger partial charge is 0.0991 e. The number of aromatic nitrogens is 2. The van der Waals surface area contributed by atoms with Crippen LogP contribution >= 0.6 is 0 Å². The molecular weight excluding hydrogens is 250 g/mol. The van der Waals surface area contributed by atoms with Crippen LogP contribution in [0, 0.1) is 5.92 Å². The monoisotopic (exact) mass is 269 g/mol. The highest BCUT2D eigenvalue weighted by Gasteiger charge is 2.17. The fourth-order valence-electron chi connectivity index (χ4n) is 2.51. The summed E-state index contributed by atoms with van der Waals surface area (Å²) in [5.41, 5.74) is 2.38. The summed E-state index contributed by atoms with van der Waals surface area (Å²) < 4.78 is 1.99. The molecule has 0 fully saturated rings. The molecule has 0 saturated carbocycles. The van der Waals surface area contributed by atoms with Gasteiger partial charge in [0.15, 0.2) is 0 Å². The van der Waals surface area contributed by atoms with Gasteiger partial charge in [-0.2, -0.15) is 0 Å². The second kappa shape index (κ2) is 6.03. The van der Waals surface area contributed by atoms with E-state index < -0.39 is 0 Å². The zero-order valence-electron chi connectivity index (χ0n) is 11.3. The maximum Gasteiger partial charge on any atom is 0.0991 e. The molecular formula is C16H19N3O. The van der Waals surface area contributed by atoms with Crippen LogP contribution in [-0.2, 0) is 6.54 Å². The number of aliphatic hydroxyl groups excluding tert-OH is 1. The topological polar surface area (TPSA) is 50.1 Å². The van der Waals surface area contributed by atoms with Crippen molar-refractivity contribution in [2.45, 2.75) is 19.0 Å². The van der Waals surface area contributed by atoms with Crippen molar-refractivity contribution in [3.8, 4) is 5.69 Å². The first-order chi connectivity index (χ1) is 9.85. The summed E-state index contributed by atoms with van der Waals surface area (Å²) in [6.07, 6.45) is 10.8. The van der Waals surface area contributed by atoms with Crippen molar-refractivity contribution < 1.29 is 5.11 Å². The van der Waals surface area contributed by atoms with Gasteiger partial charge >= 0.3 is 0 Å². The third kappa shape index (κ3) is 2.98. The Hall–Kier alpha value is -1.91. The average Bonchev–Trinajstić information content (AvgIpc) is 3.17. The number of hydrogen-bond acceptors (Lipinski definition) is 3. The van der Waals surface area contributed by atoms with E-state index >= 15 is 0 Å². The average molecular weight is 269 g/mol. The minimum absolute atomic E-state index is 0.244. The molecule has 2 atom stereocenters. The van der Waals surface area contributed by atoms with Crippen LogP contribution in [0.2, 0.25) is 0 Å². The van der Waals surface area contributed by atoms with E-state index in [2.05, 4.69) is 46.7 Å². The third-order valence-corrected chi connectivity index (χ3v) is 3.71. The van der Waals surface area contributed by atoms with E-state index in [0.717, 1.165) is 18.7 Å². The fraction of sp³-hybridized carbons (Fsp3) is 0.312. The summed E-state index contributed by atoms with van der Waals surface area (Å²) in [5, 5.41) is 12.6. The molecule has 0 amide bonds. The number of imidazole rings is 1. The Morgan fingerprint density at radius 1 is 1.25 bits per heavy atom. The van der Waals surface area contributed by atoms with Gasteiger partial charge in [0, 0.05) is 43.2 Å². The third-order valence-electron chi connectivity index (χ3n) is 3.71. The van der Waals surface area contributed by atoms with Crippen LogP contribution < -0.4 is 5.32 Å². The summed E-state index contributed by atoms with van der Waals surface area (Å²) in [6, 6.07) is 8.83. The Balaban J connectivity index is 1.55. The number of hydrogen-bond donors (Lipinski definition) is 2. The Kier molecular flexibility index (Phi) is 3.95. The lowest BCUT2D eigenvalue weighted by Gasteiger charge is -2.13. The lowest BCUT2D eigenvalue weighted by molar-refractivity contribution is 0.246. The Morgan fingerprint density at radius 2 is 2.10 bits per heavy atom. The first-order valence-corrected chi connectivity index (χ1v) is 6.95. The van der Waals surface area contributed by atoms with Crippen LogP contribution in [0.5, 0.6) is 0 Å². The van der Waals surface area contributed by atoms with Gasteiger partial charge in [0.2, 0.25) is 0 Å². The molecule has 1 aliphatic carbocycles. The lowest BCUT2D eigenvalue weighted by atomic mass is 10.1. The second-order valence-electron chi connectivity index (χ2n) is 5.19. The summed E-state index contributed by atoms with van der Waals surface area (Å²) in [5.74, 6) is 0.316. The van der Waals surface area contributed by atoms with Crippen molar-refractivity contribution in [1.82, 2.24) is 14.9 Å². The molecule has 1 heterocycles. The quantitative estimate of drug-likeness (QED) is 0.815. The van der Waals surface area contributed by atoms with Gasteiger partial charge in [-0.15, -0.1) is 0 Å². The maximum absolute atomic E-state index is 9.10. The number of rotatable bonds is 5. The molecule has 2 aromatic rings. The zero-order valence-corrected chi connectivity index (χ0v) is 11.3. The highest BCUT2D eigenvalue weighted by atomic mass is 16.3. The molecule has 0 saturated heterocycles. The van der Waals surface area contributed by atoms with Gasteiger partial charge in [0.05, 0.1) is 6.33 Å². The highest BCUT2D eigenvalue weighted by Crippen LogP contribution is 2.17. The maximum atomic E-state index is 9.10. The predicted molar refractivity (Wildman–Crippen MR) is 78.5 cm³/mol. The molecule has 104 valence electrons. The fourth-order valence-corrected chi connectivity index (χ4v) is 2.51. The molecule has 2 N–H and O–H groups in total. The molecule has 3 rings (SSSR count). The lowest BCUT2D eigenvalue weighted by Crippen LogP contribution is -2.26. The summed E-state index contributed by atoms with van der Waals surface area (Å²) >= 11 is 0. The molecule has 1 aromatic heterocycles. The molecule has 20 heavy (non-hydrogen) atoms. The van der Waals surface area contributed by atoms with Crippen molar-refractivity contribution in [3.05, 3.63) is 60.7 Å². The molecule has 0 radical (unpaired) electrons. The summed E-state index contributed by atoms with van der Waals surface area (Å²) in [6.45, 7) is 1.09. The van der Waals surface area contributed by atoms with Crippen molar-refractivity contribution >= 4 is 0 Å². The first kappa shape index (κ1) is 13.1. The van der Waals surface area contributed by atoms with Gasteiger partial charge in [-0.1, -0.05) is 24.3 Å². The van der Waals surface area contributed by atoms with Crippen molar-refractivity contribution in [2.24, 2.45) is 5.92 Å². The van der Waals surface area contributed by atoms with E-state index in [1.54, 1.807) is 12.5 Å². The van der Waals surface area contributed by atoms with Crippen LogP contribution in [0.3, 0.4) is 0 Å². The van der Waals surface area contributed by atoms with Gasteiger partial charge in [-0.3, -0.25) is 0 Å². The second-order valence-corrected chi connectivity index (χ2v) is 5.19.